The second-order valence-electron chi connectivity index (χ2n) is 6.20. The molecule has 0 aromatic carbocycles. The minimum absolute atomic E-state index is 0.0122. The number of hydrogen-bond donors (Lipinski definition) is 3. The number of amides is 2. The van der Waals surface area contributed by atoms with Gasteiger partial charge in [0.2, 0.25) is 11.8 Å². The molecule has 3 unspecified atom stereocenters. The van der Waals surface area contributed by atoms with Gasteiger partial charge in [0.1, 0.15) is 6.04 Å². The predicted octanol–water partition coefficient (Wildman–Crippen LogP) is 1.17. The molecule has 0 bridgehead atoms. The molecular formula is C15H29N3O2. The summed E-state index contributed by atoms with van der Waals surface area (Å²) in [5.41, 5.74) is 5.59. The summed E-state index contributed by atoms with van der Waals surface area (Å²) in [6, 6.07) is -0.384. The van der Waals surface area contributed by atoms with Gasteiger partial charge in [-0.2, -0.15) is 0 Å². The quantitative estimate of drug-likeness (QED) is 0.684. The molecule has 2 amide bonds. The normalized spacial score (nSPS) is 24.2. The Labute approximate surface area is 122 Å². The Hall–Kier alpha value is -1.10. The van der Waals surface area contributed by atoms with Gasteiger partial charge in [-0.15, -0.1) is 0 Å². The van der Waals surface area contributed by atoms with Gasteiger partial charge >= 0.3 is 0 Å². The fourth-order valence-corrected chi connectivity index (χ4v) is 2.83. The summed E-state index contributed by atoms with van der Waals surface area (Å²) >= 11 is 0. The zero-order valence-corrected chi connectivity index (χ0v) is 12.9. The van der Waals surface area contributed by atoms with Crippen LogP contribution < -0.4 is 16.4 Å². The van der Waals surface area contributed by atoms with Gasteiger partial charge in [0.05, 0.1) is 0 Å². The van der Waals surface area contributed by atoms with E-state index in [0.717, 1.165) is 25.7 Å². The Morgan fingerprint density at radius 3 is 2.50 bits per heavy atom. The lowest BCUT2D eigenvalue weighted by Gasteiger charge is -2.29. The molecule has 20 heavy (non-hydrogen) atoms. The van der Waals surface area contributed by atoms with Crippen LogP contribution in [-0.4, -0.2) is 30.4 Å². The molecule has 1 aliphatic rings. The molecule has 0 radical (unpaired) electrons. The highest BCUT2D eigenvalue weighted by atomic mass is 16.2. The van der Waals surface area contributed by atoms with Crippen molar-refractivity contribution < 1.29 is 9.59 Å². The van der Waals surface area contributed by atoms with Crippen molar-refractivity contribution in [2.24, 2.45) is 17.6 Å². The van der Waals surface area contributed by atoms with E-state index in [9.17, 15) is 9.59 Å². The fraction of sp³-hybridized carbons (Fsp3) is 0.867. The fourth-order valence-electron chi connectivity index (χ4n) is 2.83. The molecule has 0 aromatic heterocycles. The summed E-state index contributed by atoms with van der Waals surface area (Å²) in [5, 5.41) is 5.64. The van der Waals surface area contributed by atoms with E-state index >= 15 is 0 Å². The van der Waals surface area contributed by atoms with Gasteiger partial charge in [-0.25, -0.2) is 0 Å². The molecule has 0 saturated heterocycles. The van der Waals surface area contributed by atoms with Gasteiger partial charge in [-0.1, -0.05) is 12.8 Å². The van der Waals surface area contributed by atoms with E-state index in [-0.39, 0.29) is 23.8 Å². The molecule has 1 aliphatic carbocycles. The molecule has 1 rings (SSSR count). The second kappa shape index (κ2) is 8.25. The average Bonchev–Trinajstić information content (AvgIpc) is 2.38. The van der Waals surface area contributed by atoms with E-state index < -0.39 is 6.04 Å². The minimum Gasteiger partial charge on any atom is -0.352 e. The van der Waals surface area contributed by atoms with Crippen LogP contribution in [-0.2, 0) is 9.59 Å². The smallest absolute Gasteiger partial charge is 0.242 e. The van der Waals surface area contributed by atoms with Gasteiger partial charge < -0.3 is 16.4 Å². The highest BCUT2D eigenvalue weighted by Gasteiger charge is 2.28. The molecule has 3 atom stereocenters. The van der Waals surface area contributed by atoms with Crippen molar-refractivity contribution in [3.05, 3.63) is 0 Å². The topological polar surface area (TPSA) is 84.2 Å². The summed E-state index contributed by atoms with van der Waals surface area (Å²) in [7, 11) is 0. The lowest BCUT2D eigenvalue weighted by atomic mass is 9.79. The van der Waals surface area contributed by atoms with Crippen LogP contribution in [0.3, 0.4) is 0 Å². The zero-order chi connectivity index (χ0) is 15.1. The summed E-state index contributed by atoms with van der Waals surface area (Å²) in [4.78, 5) is 24.0. The third-order valence-corrected chi connectivity index (χ3v) is 3.91. The molecule has 4 N–H and O–H groups in total. The Bertz CT molecular complexity index is 329. The lowest BCUT2D eigenvalue weighted by molar-refractivity contribution is -0.132. The van der Waals surface area contributed by atoms with Crippen LogP contribution in [0.4, 0.5) is 0 Å². The molecule has 1 saturated carbocycles. The van der Waals surface area contributed by atoms with Crippen molar-refractivity contribution in [3.63, 3.8) is 0 Å². The van der Waals surface area contributed by atoms with E-state index in [1.54, 1.807) is 6.92 Å². The maximum absolute atomic E-state index is 12.2. The Balaban J connectivity index is 2.43. The Kier molecular flexibility index (Phi) is 6.99. The van der Waals surface area contributed by atoms with E-state index in [1.165, 1.54) is 6.42 Å². The standard InChI is InChI=1S/C15H29N3O2/c1-10(2)17-14(19)11(3)18-15(20)13-6-4-5-12(9-13)7-8-16/h10-13H,4-9,16H2,1-3H3,(H,17,19)(H,18,20). The molecule has 0 spiro atoms. The summed E-state index contributed by atoms with van der Waals surface area (Å²) in [6.07, 6.45) is 5.07. The van der Waals surface area contributed by atoms with Crippen LogP contribution in [0, 0.1) is 11.8 Å². The van der Waals surface area contributed by atoms with E-state index in [4.69, 9.17) is 5.73 Å². The summed E-state index contributed by atoms with van der Waals surface area (Å²) in [6.45, 7) is 6.23. The van der Waals surface area contributed by atoms with Gasteiger partial charge in [0, 0.05) is 12.0 Å². The highest BCUT2D eigenvalue weighted by Crippen LogP contribution is 2.30. The van der Waals surface area contributed by atoms with Crippen molar-refractivity contribution in [2.45, 2.75) is 65.0 Å². The molecular weight excluding hydrogens is 254 g/mol. The number of carbonyl (C=O) groups is 2. The molecule has 0 aliphatic heterocycles. The van der Waals surface area contributed by atoms with Crippen molar-refractivity contribution in [1.29, 1.82) is 0 Å². The first kappa shape index (κ1) is 17.0. The second-order valence-corrected chi connectivity index (χ2v) is 6.20. The molecule has 116 valence electrons. The third kappa shape index (κ3) is 5.49. The van der Waals surface area contributed by atoms with Gasteiger partial charge in [0.25, 0.3) is 0 Å². The SMILES string of the molecule is CC(C)NC(=O)C(C)NC(=O)C1CCCC(CCN)C1. The molecule has 5 nitrogen and oxygen atoms in total. The van der Waals surface area contributed by atoms with Crippen LogP contribution >= 0.6 is 0 Å². The number of nitrogens with two attached hydrogens (primary N) is 1. The van der Waals surface area contributed by atoms with Crippen molar-refractivity contribution in [2.75, 3.05) is 6.54 Å². The molecule has 5 heteroatoms. The number of rotatable bonds is 6. The monoisotopic (exact) mass is 283 g/mol. The van der Waals surface area contributed by atoms with Crippen molar-refractivity contribution >= 4 is 11.8 Å². The van der Waals surface area contributed by atoms with Gasteiger partial charge in [0.15, 0.2) is 0 Å². The van der Waals surface area contributed by atoms with Crippen LogP contribution in [0.5, 0.6) is 0 Å². The van der Waals surface area contributed by atoms with Gasteiger partial charge in [-0.05, 0) is 52.5 Å². The van der Waals surface area contributed by atoms with Crippen molar-refractivity contribution in [1.82, 2.24) is 10.6 Å². The van der Waals surface area contributed by atoms with Crippen LogP contribution in [0.15, 0.2) is 0 Å². The van der Waals surface area contributed by atoms with E-state index in [1.807, 2.05) is 13.8 Å². The van der Waals surface area contributed by atoms with Crippen molar-refractivity contribution in [3.8, 4) is 0 Å². The van der Waals surface area contributed by atoms with E-state index in [2.05, 4.69) is 10.6 Å². The number of carbonyl (C=O) groups excluding carboxylic acids is 2. The third-order valence-electron chi connectivity index (χ3n) is 3.91. The number of nitrogens with one attached hydrogen (secondary N) is 2. The summed E-state index contributed by atoms with van der Waals surface area (Å²) in [5.74, 6) is 0.486. The average molecular weight is 283 g/mol. The van der Waals surface area contributed by atoms with Crippen LogP contribution in [0.1, 0.15) is 52.9 Å². The summed E-state index contributed by atoms with van der Waals surface area (Å²) < 4.78 is 0. The van der Waals surface area contributed by atoms with Gasteiger partial charge in [-0.3, -0.25) is 9.59 Å². The largest absolute Gasteiger partial charge is 0.352 e. The Morgan fingerprint density at radius 2 is 1.90 bits per heavy atom. The molecule has 0 heterocycles. The maximum atomic E-state index is 12.2. The first-order valence-corrected chi connectivity index (χ1v) is 7.74. The number of hydrogen-bond acceptors (Lipinski definition) is 3. The molecule has 0 aromatic rings. The zero-order valence-electron chi connectivity index (χ0n) is 12.9. The van der Waals surface area contributed by atoms with Crippen LogP contribution in [0.2, 0.25) is 0 Å². The maximum Gasteiger partial charge on any atom is 0.242 e. The predicted molar refractivity (Wildman–Crippen MR) is 80.0 cm³/mol. The highest BCUT2D eigenvalue weighted by molar-refractivity contribution is 5.88. The minimum atomic E-state index is -0.472. The van der Waals surface area contributed by atoms with Crippen LogP contribution in [0.25, 0.3) is 0 Å². The lowest BCUT2D eigenvalue weighted by Crippen LogP contribution is -2.48. The first-order chi connectivity index (χ1) is 9.43. The van der Waals surface area contributed by atoms with E-state index in [0.29, 0.717) is 12.5 Å². The Morgan fingerprint density at radius 1 is 1.20 bits per heavy atom. The first-order valence-electron chi connectivity index (χ1n) is 7.74. The molecule has 1 fully saturated rings.